The van der Waals surface area contributed by atoms with Gasteiger partial charge in [0.25, 0.3) is 0 Å². The SMILES string of the molecule is CCC(=O)N1CC[C@@H](NCc2cnc(N3CCCC3)nc2)[C@H](C)C1. The quantitative estimate of drug-likeness (QED) is 0.892. The van der Waals surface area contributed by atoms with Gasteiger partial charge in [0.1, 0.15) is 0 Å². The van der Waals surface area contributed by atoms with Crippen LogP contribution in [0.15, 0.2) is 12.4 Å². The summed E-state index contributed by atoms with van der Waals surface area (Å²) in [5.41, 5.74) is 1.12. The van der Waals surface area contributed by atoms with E-state index < -0.39 is 0 Å². The summed E-state index contributed by atoms with van der Waals surface area (Å²) in [5.74, 6) is 1.60. The minimum absolute atomic E-state index is 0.270. The normalized spacial score (nSPS) is 24.4. The number of hydrogen-bond acceptors (Lipinski definition) is 5. The summed E-state index contributed by atoms with van der Waals surface area (Å²) < 4.78 is 0. The van der Waals surface area contributed by atoms with Crippen LogP contribution in [0, 0.1) is 5.92 Å². The average Bonchev–Trinajstić information content (AvgIpc) is 3.15. The maximum absolute atomic E-state index is 11.8. The number of nitrogens with zero attached hydrogens (tertiary/aromatic N) is 4. The minimum Gasteiger partial charge on any atom is -0.342 e. The Morgan fingerprint density at radius 2 is 1.96 bits per heavy atom. The molecule has 2 saturated heterocycles. The van der Waals surface area contributed by atoms with Gasteiger partial charge in [-0.2, -0.15) is 0 Å². The molecule has 2 atom stereocenters. The lowest BCUT2D eigenvalue weighted by atomic mass is 9.93. The van der Waals surface area contributed by atoms with E-state index in [1.165, 1.54) is 12.8 Å². The number of aromatic nitrogens is 2. The molecule has 24 heavy (non-hydrogen) atoms. The highest BCUT2D eigenvalue weighted by Gasteiger charge is 2.27. The third-order valence-corrected chi connectivity index (χ3v) is 5.21. The zero-order valence-corrected chi connectivity index (χ0v) is 14.9. The Morgan fingerprint density at radius 1 is 1.25 bits per heavy atom. The van der Waals surface area contributed by atoms with Crippen LogP contribution in [0.5, 0.6) is 0 Å². The Bertz CT molecular complexity index is 541. The summed E-state index contributed by atoms with van der Waals surface area (Å²) in [6.07, 6.45) is 7.97. The van der Waals surface area contributed by atoms with Crippen molar-refractivity contribution in [1.82, 2.24) is 20.2 Å². The fourth-order valence-electron chi connectivity index (χ4n) is 3.67. The van der Waals surface area contributed by atoms with Crippen molar-refractivity contribution >= 4 is 11.9 Å². The van der Waals surface area contributed by atoms with Crippen LogP contribution in [0.25, 0.3) is 0 Å². The van der Waals surface area contributed by atoms with E-state index in [4.69, 9.17) is 0 Å². The first-order valence-corrected chi connectivity index (χ1v) is 9.24. The van der Waals surface area contributed by atoms with E-state index in [1.807, 2.05) is 24.2 Å². The molecular weight excluding hydrogens is 302 g/mol. The molecule has 0 saturated carbocycles. The summed E-state index contributed by atoms with van der Waals surface area (Å²) in [6.45, 7) is 8.81. The number of rotatable bonds is 5. The molecule has 6 heteroatoms. The number of anilines is 1. The molecule has 2 aliphatic heterocycles. The lowest BCUT2D eigenvalue weighted by Crippen LogP contribution is -2.49. The summed E-state index contributed by atoms with van der Waals surface area (Å²) >= 11 is 0. The summed E-state index contributed by atoms with van der Waals surface area (Å²) in [7, 11) is 0. The second-order valence-electron chi connectivity index (χ2n) is 7.03. The summed E-state index contributed by atoms with van der Waals surface area (Å²) in [5, 5.41) is 3.62. The Labute approximate surface area is 144 Å². The molecule has 0 spiro atoms. The molecular formula is C18H29N5O. The van der Waals surface area contributed by atoms with Crippen molar-refractivity contribution in [3.63, 3.8) is 0 Å². The van der Waals surface area contributed by atoms with E-state index in [1.54, 1.807) is 0 Å². The van der Waals surface area contributed by atoms with Crippen molar-refractivity contribution in [2.75, 3.05) is 31.1 Å². The maximum Gasteiger partial charge on any atom is 0.225 e. The van der Waals surface area contributed by atoms with Crippen LogP contribution in [0.3, 0.4) is 0 Å². The Kier molecular flexibility index (Phi) is 5.66. The van der Waals surface area contributed by atoms with Gasteiger partial charge in [-0.3, -0.25) is 4.79 Å². The van der Waals surface area contributed by atoms with Crippen molar-refractivity contribution < 1.29 is 4.79 Å². The molecule has 0 aliphatic carbocycles. The Morgan fingerprint density at radius 3 is 2.58 bits per heavy atom. The number of carbonyl (C=O) groups is 1. The fourth-order valence-corrected chi connectivity index (χ4v) is 3.67. The van der Waals surface area contributed by atoms with Crippen LogP contribution in [0.2, 0.25) is 0 Å². The topological polar surface area (TPSA) is 61.4 Å². The molecule has 3 heterocycles. The molecule has 1 amide bonds. The second-order valence-corrected chi connectivity index (χ2v) is 7.03. The van der Waals surface area contributed by atoms with Gasteiger partial charge in [0.05, 0.1) is 0 Å². The summed E-state index contributed by atoms with van der Waals surface area (Å²) in [4.78, 5) is 25.1. The highest BCUT2D eigenvalue weighted by atomic mass is 16.2. The van der Waals surface area contributed by atoms with Crippen molar-refractivity contribution in [2.24, 2.45) is 5.92 Å². The third kappa shape index (κ3) is 4.04. The van der Waals surface area contributed by atoms with Crippen LogP contribution >= 0.6 is 0 Å². The zero-order chi connectivity index (χ0) is 16.9. The highest BCUT2D eigenvalue weighted by Crippen LogP contribution is 2.18. The van der Waals surface area contributed by atoms with Gasteiger partial charge in [-0.05, 0) is 25.2 Å². The largest absolute Gasteiger partial charge is 0.342 e. The first-order chi connectivity index (χ1) is 11.7. The van der Waals surface area contributed by atoms with Crippen LogP contribution in [0.1, 0.15) is 45.1 Å². The van der Waals surface area contributed by atoms with E-state index >= 15 is 0 Å². The van der Waals surface area contributed by atoms with Gasteiger partial charge in [0.15, 0.2) is 0 Å². The molecule has 2 fully saturated rings. The van der Waals surface area contributed by atoms with Crippen LogP contribution < -0.4 is 10.2 Å². The highest BCUT2D eigenvalue weighted by molar-refractivity contribution is 5.75. The van der Waals surface area contributed by atoms with Crippen LogP contribution in [0.4, 0.5) is 5.95 Å². The number of piperidine rings is 1. The second kappa shape index (κ2) is 7.92. The first-order valence-electron chi connectivity index (χ1n) is 9.24. The number of carbonyl (C=O) groups excluding carboxylic acids is 1. The maximum atomic E-state index is 11.8. The molecule has 0 radical (unpaired) electrons. The zero-order valence-electron chi connectivity index (χ0n) is 14.9. The molecule has 0 unspecified atom stereocenters. The van der Waals surface area contributed by atoms with Gasteiger partial charge in [-0.1, -0.05) is 13.8 Å². The third-order valence-electron chi connectivity index (χ3n) is 5.21. The molecule has 1 N–H and O–H groups in total. The first kappa shape index (κ1) is 17.1. The van der Waals surface area contributed by atoms with E-state index in [9.17, 15) is 4.79 Å². The van der Waals surface area contributed by atoms with Gasteiger partial charge >= 0.3 is 0 Å². The standard InChI is InChI=1S/C18H29N5O/c1-3-17(24)23-9-6-16(14(2)13-23)19-10-15-11-20-18(21-12-15)22-7-4-5-8-22/h11-12,14,16,19H,3-10,13H2,1-2H3/t14-,16-/m1/s1. The predicted molar refractivity (Wildman–Crippen MR) is 94.8 cm³/mol. The molecule has 0 aromatic carbocycles. The Balaban J connectivity index is 1.48. The van der Waals surface area contributed by atoms with Crippen molar-refractivity contribution in [2.45, 2.75) is 52.1 Å². The van der Waals surface area contributed by atoms with Gasteiger partial charge in [-0.25, -0.2) is 9.97 Å². The summed E-state index contributed by atoms with van der Waals surface area (Å²) in [6, 6.07) is 0.448. The lowest BCUT2D eigenvalue weighted by molar-refractivity contribution is -0.132. The molecule has 132 valence electrons. The van der Waals surface area contributed by atoms with E-state index in [2.05, 4.69) is 27.1 Å². The number of nitrogens with one attached hydrogen (secondary N) is 1. The molecule has 6 nitrogen and oxygen atoms in total. The lowest BCUT2D eigenvalue weighted by Gasteiger charge is -2.37. The molecule has 1 aromatic heterocycles. The van der Waals surface area contributed by atoms with E-state index in [0.29, 0.717) is 18.4 Å². The van der Waals surface area contributed by atoms with E-state index in [-0.39, 0.29) is 5.91 Å². The fraction of sp³-hybridized carbons (Fsp3) is 0.722. The van der Waals surface area contributed by atoms with E-state index in [0.717, 1.165) is 50.7 Å². The van der Waals surface area contributed by atoms with Crippen molar-refractivity contribution in [1.29, 1.82) is 0 Å². The minimum atomic E-state index is 0.270. The van der Waals surface area contributed by atoms with Gasteiger partial charge in [0, 0.05) is 63.1 Å². The average molecular weight is 331 g/mol. The molecule has 1 aromatic rings. The molecule has 2 aliphatic rings. The van der Waals surface area contributed by atoms with Crippen LogP contribution in [-0.2, 0) is 11.3 Å². The number of amides is 1. The van der Waals surface area contributed by atoms with Crippen molar-refractivity contribution in [3.8, 4) is 0 Å². The van der Waals surface area contributed by atoms with Crippen LogP contribution in [-0.4, -0.2) is 53.0 Å². The monoisotopic (exact) mass is 331 g/mol. The van der Waals surface area contributed by atoms with Gasteiger partial charge in [-0.15, -0.1) is 0 Å². The van der Waals surface area contributed by atoms with Gasteiger partial charge < -0.3 is 15.1 Å². The Hall–Kier alpha value is -1.69. The predicted octanol–water partition coefficient (Wildman–Crippen LogP) is 1.81. The number of hydrogen-bond donors (Lipinski definition) is 1. The number of likely N-dealkylation sites (tertiary alicyclic amines) is 1. The van der Waals surface area contributed by atoms with Crippen molar-refractivity contribution in [3.05, 3.63) is 18.0 Å². The van der Waals surface area contributed by atoms with Gasteiger partial charge in [0.2, 0.25) is 11.9 Å². The smallest absolute Gasteiger partial charge is 0.225 e. The molecule has 3 rings (SSSR count). The molecule has 0 bridgehead atoms.